The van der Waals surface area contributed by atoms with Crippen molar-refractivity contribution in [3.63, 3.8) is 0 Å². The summed E-state index contributed by atoms with van der Waals surface area (Å²) >= 11 is 0. The fourth-order valence-corrected chi connectivity index (χ4v) is 2.26. The van der Waals surface area contributed by atoms with Gasteiger partial charge in [-0.15, -0.1) is 0 Å². The van der Waals surface area contributed by atoms with Crippen LogP contribution in [0.3, 0.4) is 0 Å². The van der Waals surface area contributed by atoms with E-state index < -0.39 is 46.9 Å². The minimum atomic E-state index is -5.30. The molecular weight excluding hydrogens is 298 g/mol. The predicted molar refractivity (Wildman–Crippen MR) is 53.0 cm³/mol. The van der Waals surface area contributed by atoms with Crippen LogP contribution in [0.15, 0.2) is 0 Å². The first-order chi connectivity index (χ1) is 7.98. The summed E-state index contributed by atoms with van der Waals surface area (Å²) in [7, 11) is -10.5. The maximum Gasteiger partial charge on any atom is 0.481 e. The van der Waals surface area contributed by atoms with E-state index in [-0.39, 0.29) is 0 Å². The number of Topliss-reactive ketones (excluding diaryl/α,β-unsaturated/α-hetero) is 1. The van der Waals surface area contributed by atoms with Crippen molar-refractivity contribution in [3.05, 3.63) is 0 Å². The molecule has 0 radical (unpaired) electrons. The number of phosphoric acid groups is 2. The number of carbonyl (C=O) groups excluding carboxylic acids is 1. The van der Waals surface area contributed by atoms with Crippen LogP contribution in [0, 0.1) is 0 Å². The molecule has 0 fully saturated rings. The van der Waals surface area contributed by atoms with Crippen molar-refractivity contribution in [1.29, 1.82) is 0 Å². The zero-order valence-electron chi connectivity index (χ0n) is 8.69. The minimum absolute atomic E-state index is 0.942. The van der Waals surface area contributed by atoms with Crippen molar-refractivity contribution in [2.45, 2.75) is 12.2 Å². The number of hydrogen-bond acceptors (Lipinski definition) is 8. The largest absolute Gasteiger partial charge is 0.481 e. The summed E-state index contributed by atoms with van der Waals surface area (Å²) in [6.45, 7) is -2.20. The molecule has 3 atom stereocenters. The van der Waals surface area contributed by atoms with Crippen molar-refractivity contribution in [1.82, 2.24) is 0 Å². The molecule has 0 rings (SSSR count). The lowest BCUT2D eigenvalue weighted by atomic mass is 10.1. The second kappa shape index (κ2) is 6.83. The van der Waals surface area contributed by atoms with E-state index in [9.17, 15) is 13.9 Å². The number of rotatable bonds is 8. The Morgan fingerprint density at radius 2 is 1.67 bits per heavy atom. The van der Waals surface area contributed by atoms with Crippen molar-refractivity contribution < 1.29 is 52.8 Å². The van der Waals surface area contributed by atoms with Gasteiger partial charge in [-0.05, 0) is 0 Å². The first-order valence-electron chi connectivity index (χ1n) is 4.22. The third-order valence-electron chi connectivity index (χ3n) is 1.46. The lowest BCUT2D eigenvalue weighted by Gasteiger charge is -2.16. The third kappa shape index (κ3) is 7.29. The van der Waals surface area contributed by atoms with E-state index in [0.29, 0.717) is 0 Å². The van der Waals surface area contributed by atoms with Crippen molar-refractivity contribution in [2.24, 2.45) is 0 Å². The molecule has 0 spiro atoms. The number of hydrogen-bond donors (Lipinski definition) is 6. The van der Waals surface area contributed by atoms with Crippen molar-refractivity contribution in [2.75, 3.05) is 13.2 Å². The predicted octanol–water partition coefficient (Wildman–Crippen LogP) is -2.50. The molecule has 0 heterocycles. The monoisotopic (exact) mass is 310 g/mol. The Hall–Kier alpha value is -0.190. The zero-order chi connectivity index (χ0) is 14.6. The standard InChI is InChI=1S/C5H12O11P2/c6-1-3(7)5(9)4(8)2-15-18(13,14)16-17(10,11)12/h3,5-7,9H,1-2H2,(H,13,14)(H2,10,11,12)/t3-,5+/m0/s1. The summed E-state index contributed by atoms with van der Waals surface area (Å²) in [5.74, 6) is -1.29. The average molecular weight is 310 g/mol. The quantitative estimate of drug-likeness (QED) is 0.259. The number of phosphoric ester groups is 1. The van der Waals surface area contributed by atoms with Crippen LogP contribution < -0.4 is 0 Å². The lowest BCUT2D eigenvalue weighted by Crippen LogP contribution is -2.38. The molecule has 0 saturated heterocycles. The second-order valence-electron chi connectivity index (χ2n) is 2.98. The number of carbonyl (C=O) groups is 1. The van der Waals surface area contributed by atoms with Gasteiger partial charge in [0, 0.05) is 0 Å². The molecular formula is C5H12O11P2. The fourth-order valence-electron chi connectivity index (χ4n) is 0.703. The highest BCUT2D eigenvalue weighted by Gasteiger charge is 2.34. The highest BCUT2D eigenvalue weighted by atomic mass is 31.3. The molecule has 11 nitrogen and oxygen atoms in total. The first-order valence-corrected chi connectivity index (χ1v) is 7.25. The molecule has 0 aliphatic heterocycles. The van der Waals surface area contributed by atoms with E-state index in [4.69, 9.17) is 30.0 Å². The Morgan fingerprint density at radius 3 is 2.06 bits per heavy atom. The summed E-state index contributed by atoms with van der Waals surface area (Å²) in [5, 5.41) is 26.3. The Balaban J connectivity index is 4.37. The van der Waals surface area contributed by atoms with Gasteiger partial charge in [0.25, 0.3) is 0 Å². The molecule has 1 unspecified atom stereocenters. The van der Waals surface area contributed by atoms with E-state index >= 15 is 0 Å². The lowest BCUT2D eigenvalue weighted by molar-refractivity contribution is -0.137. The maximum absolute atomic E-state index is 11.0. The Kier molecular flexibility index (Phi) is 6.75. The van der Waals surface area contributed by atoms with Gasteiger partial charge in [0.1, 0.15) is 18.8 Å². The number of aliphatic hydroxyl groups is 3. The van der Waals surface area contributed by atoms with Gasteiger partial charge >= 0.3 is 15.6 Å². The molecule has 0 saturated carbocycles. The van der Waals surface area contributed by atoms with Crippen LogP contribution in [0.4, 0.5) is 0 Å². The van der Waals surface area contributed by atoms with Gasteiger partial charge in [-0.2, -0.15) is 4.31 Å². The zero-order valence-corrected chi connectivity index (χ0v) is 10.5. The van der Waals surface area contributed by atoms with E-state index in [1.165, 1.54) is 0 Å². The molecule has 13 heteroatoms. The summed E-state index contributed by atoms with van der Waals surface area (Å²) < 4.78 is 28.3. The fraction of sp³-hybridized carbons (Fsp3) is 0.800. The van der Waals surface area contributed by atoms with E-state index in [0.717, 1.165) is 0 Å². The van der Waals surface area contributed by atoms with Gasteiger partial charge in [0.05, 0.1) is 6.61 Å². The highest BCUT2D eigenvalue weighted by molar-refractivity contribution is 7.60. The molecule has 0 bridgehead atoms. The molecule has 0 amide bonds. The third-order valence-corrected chi connectivity index (χ3v) is 3.59. The molecule has 0 aromatic carbocycles. The van der Waals surface area contributed by atoms with Crippen LogP contribution in [0.2, 0.25) is 0 Å². The number of aliphatic hydroxyl groups excluding tert-OH is 3. The van der Waals surface area contributed by atoms with Gasteiger partial charge in [-0.1, -0.05) is 0 Å². The second-order valence-corrected chi connectivity index (χ2v) is 5.80. The van der Waals surface area contributed by atoms with Gasteiger partial charge in [-0.25, -0.2) is 9.13 Å². The molecule has 6 N–H and O–H groups in total. The van der Waals surface area contributed by atoms with E-state index in [1.54, 1.807) is 0 Å². The van der Waals surface area contributed by atoms with Gasteiger partial charge in [0.15, 0.2) is 5.78 Å². The summed E-state index contributed by atoms with van der Waals surface area (Å²) in [6, 6.07) is 0. The molecule has 0 aromatic heterocycles. The van der Waals surface area contributed by atoms with E-state index in [2.05, 4.69) is 8.83 Å². The van der Waals surface area contributed by atoms with Crippen LogP contribution in [0.5, 0.6) is 0 Å². The van der Waals surface area contributed by atoms with Crippen molar-refractivity contribution in [3.8, 4) is 0 Å². The highest BCUT2D eigenvalue weighted by Crippen LogP contribution is 2.57. The van der Waals surface area contributed by atoms with Crippen molar-refractivity contribution >= 4 is 21.4 Å². The minimum Gasteiger partial charge on any atom is -0.394 e. The van der Waals surface area contributed by atoms with Crippen LogP contribution in [-0.4, -0.2) is 61.2 Å². The molecule has 18 heavy (non-hydrogen) atoms. The van der Waals surface area contributed by atoms with Gasteiger partial charge in [0.2, 0.25) is 0 Å². The molecule has 0 aromatic rings. The Labute approximate surface area is 100 Å². The topological polar surface area (TPSA) is 191 Å². The average Bonchev–Trinajstić information content (AvgIpc) is 2.20. The normalized spacial score (nSPS) is 19.0. The number of ketones is 1. The Bertz CT molecular complexity index is 374. The first kappa shape index (κ1) is 17.8. The van der Waals surface area contributed by atoms with E-state index in [1.807, 2.05) is 0 Å². The summed E-state index contributed by atoms with van der Waals surface area (Å²) in [4.78, 5) is 36.2. The maximum atomic E-state index is 11.0. The summed E-state index contributed by atoms with van der Waals surface area (Å²) in [6.07, 6.45) is -3.90. The van der Waals surface area contributed by atoms with Gasteiger partial charge in [-0.3, -0.25) is 9.32 Å². The van der Waals surface area contributed by atoms with Crippen LogP contribution in [0.25, 0.3) is 0 Å². The smallest absolute Gasteiger partial charge is 0.394 e. The van der Waals surface area contributed by atoms with Gasteiger partial charge < -0.3 is 30.0 Å². The SMILES string of the molecule is O=C(COP(=O)(O)OP(=O)(O)O)[C@H](O)[C@@H](O)CO. The Morgan fingerprint density at radius 1 is 1.17 bits per heavy atom. The van der Waals surface area contributed by atoms with Crippen LogP contribution in [-0.2, 0) is 22.8 Å². The van der Waals surface area contributed by atoms with Crippen LogP contribution in [0.1, 0.15) is 0 Å². The molecule has 0 aliphatic carbocycles. The summed E-state index contributed by atoms with van der Waals surface area (Å²) in [5.41, 5.74) is 0. The van der Waals surface area contributed by atoms with Crippen LogP contribution >= 0.6 is 15.6 Å². The molecule has 108 valence electrons. The molecule has 0 aliphatic rings.